The summed E-state index contributed by atoms with van der Waals surface area (Å²) in [4.78, 5) is 27.9. The summed E-state index contributed by atoms with van der Waals surface area (Å²) >= 11 is 1.74. The number of aryl methyl sites for hydroxylation is 2. The Bertz CT molecular complexity index is 815. The van der Waals surface area contributed by atoms with E-state index in [2.05, 4.69) is 37.4 Å². The Hall–Kier alpha value is -2.27. The van der Waals surface area contributed by atoms with Crippen molar-refractivity contribution in [1.82, 2.24) is 10.2 Å². The second kappa shape index (κ2) is 9.78. The second-order valence-corrected chi connectivity index (χ2v) is 8.51. The van der Waals surface area contributed by atoms with E-state index in [4.69, 9.17) is 0 Å². The molecular weight excluding hydrogens is 368 g/mol. The van der Waals surface area contributed by atoms with Gasteiger partial charge in [0.05, 0.1) is 0 Å². The van der Waals surface area contributed by atoms with Crippen molar-refractivity contribution in [2.75, 3.05) is 18.8 Å². The van der Waals surface area contributed by atoms with Gasteiger partial charge in [-0.25, -0.2) is 0 Å². The largest absolute Gasteiger partial charge is 0.349 e. The van der Waals surface area contributed by atoms with Crippen LogP contribution in [0.1, 0.15) is 40.7 Å². The minimum absolute atomic E-state index is 0.0323. The number of thioether (sulfide) groups is 1. The zero-order valence-corrected chi connectivity index (χ0v) is 17.4. The van der Waals surface area contributed by atoms with E-state index in [1.54, 1.807) is 11.8 Å². The minimum atomic E-state index is -0.0323. The quantitative estimate of drug-likeness (QED) is 0.744. The number of likely N-dealkylation sites (tertiary alicyclic amines) is 1. The number of benzene rings is 2. The first-order chi connectivity index (χ1) is 13.5. The van der Waals surface area contributed by atoms with Crippen LogP contribution in [-0.4, -0.2) is 41.6 Å². The summed E-state index contributed by atoms with van der Waals surface area (Å²) in [5.74, 6) is 0.978. The van der Waals surface area contributed by atoms with Gasteiger partial charge in [-0.1, -0.05) is 24.3 Å². The van der Waals surface area contributed by atoms with E-state index >= 15 is 0 Å². The van der Waals surface area contributed by atoms with Gasteiger partial charge in [-0.3, -0.25) is 9.59 Å². The van der Waals surface area contributed by atoms with Crippen molar-refractivity contribution < 1.29 is 9.59 Å². The zero-order valence-electron chi connectivity index (χ0n) is 16.6. The number of carbonyl (C=O) groups excluding carboxylic acids is 2. The van der Waals surface area contributed by atoms with Crippen LogP contribution in [0.15, 0.2) is 53.4 Å². The lowest BCUT2D eigenvalue weighted by atomic mass is 10.0. The molecule has 0 atom stereocenters. The maximum atomic E-state index is 12.5. The lowest BCUT2D eigenvalue weighted by Crippen LogP contribution is -2.46. The average Bonchev–Trinajstić information content (AvgIpc) is 2.71. The molecule has 3 rings (SSSR count). The van der Waals surface area contributed by atoms with Gasteiger partial charge in [0, 0.05) is 41.8 Å². The van der Waals surface area contributed by atoms with Gasteiger partial charge in [0.25, 0.3) is 5.91 Å². The Morgan fingerprint density at radius 2 is 1.75 bits per heavy atom. The molecule has 5 heteroatoms. The molecule has 0 bridgehead atoms. The smallest absolute Gasteiger partial charge is 0.251 e. The molecule has 1 heterocycles. The number of piperidine rings is 1. The number of nitrogens with one attached hydrogen (secondary N) is 1. The summed E-state index contributed by atoms with van der Waals surface area (Å²) in [5, 5.41) is 3.09. The normalized spacial score (nSPS) is 14.7. The molecule has 0 unspecified atom stereocenters. The zero-order chi connectivity index (χ0) is 19.9. The van der Waals surface area contributed by atoms with Crippen molar-refractivity contribution in [2.45, 2.75) is 44.0 Å². The molecule has 0 aliphatic carbocycles. The molecule has 4 nitrogen and oxygen atoms in total. The van der Waals surface area contributed by atoms with Crippen LogP contribution in [0.5, 0.6) is 0 Å². The van der Waals surface area contributed by atoms with E-state index in [1.165, 1.54) is 16.0 Å². The fourth-order valence-electron chi connectivity index (χ4n) is 3.35. The monoisotopic (exact) mass is 396 g/mol. The third kappa shape index (κ3) is 5.61. The molecule has 1 aliphatic rings. The highest BCUT2D eigenvalue weighted by atomic mass is 32.2. The first-order valence-corrected chi connectivity index (χ1v) is 10.9. The van der Waals surface area contributed by atoms with E-state index in [0.29, 0.717) is 25.1 Å². The highest BCUT2D eigenvalue weighted by Gasteiger charge is 2.23. The summed E-state index contributed by atoms with van der Waals surface area (Å²) in [5.41, 5.74) is 3.27. The molecule has 0 radical (unpaired) electrons. The van der Waals surface area contributed by atoms with Crippen molar-refractivity contribution >= 4 is 23.6 Å². The topological polar surface area (TPSA) is 49.4 Å². The van der Waals surface area contributed by atoms with Gasteiger partial charge in [-0.15, -0.1) is 11.8 Å². The van der Waals surface area contributed by atoms with E-state index < -0.39 is 0 Å². The molecule has 1 N–H and O–H groups in total. The lowest BCUT2D eigenvalue weighted by molar-refractivity contribution is -0.131. The highest BCUT2D eigenvalue weighted by molar-refractivity contribution is 7.99. The fourth-order valence-corrected chi connectivity index (χ4v) is 4.29. The van der Waals surface area contributed by atoms with Gasteiger partial charge in [-0.2, -0.15) is 0 Å². The highest BCUT2D eigenvalue weighted by Crippen LogP contribution is 2.22. The SMILES string of the molecule is Cc1ccc(SCCC(=O)N2CCC(NC(=O)c3ccccc3)CC2)cc1C. The van der Waals surface area contributed by atoms with Gasteiger partial charge in [-0.05, 0) is 62.1 Å². The van der Waals surface area contributed by atoms with Gasteiger partial charge in [0.15, 0.2) is 0 Å². The standard InChI is InChI=1S/C23H28N2O2S/c1-17-8-9-21(16-18(17)2)28-15-12-22(26)25-13-10-20(11-14-25)24-23(27)19-6-4-3-5-7-19/h3-9,16,20H,10-15H2,1-2H3,(H,24,27). The third-order valence-electron chi connectivity index (χ3n) is 5.28. The van der Waals surface area contributed by atoms with E-state index in [0.717, 1.165) is 18.6 Å². The second-order valence-electron chi connectivity index (χ2n) is 7.34. The number of hydrogen-bond donors (Lipinski definition) is 1. The summed E-state index contributed by atoms with van der Waals surface area (Å²) in [6, 6.07) is 15.9. The first-order valence-electron chi connectivity index (χ1n) is 9.86. The summed E-state index contributed by atoms with van der Waals surface area (Å²) < 4.78 is 0. The molecule has 2 aromatic rings. The van der Waals surface area contributed by atoms with Crippen LogP contribution in [0.2, 0.25) is 0 Å². The number of hydrogen-bond acceptors (Lipinski definition) is 3. The Morgan fingerprint density at radius 3 is 2.43 bits per heavy atom. The Balaban J connectivity index is 1.38. The molecule has 1 saturated heterocycles. The number of carbonyl (C=O) groups is 2. The summed E-state index contributed by atoms with van der Waals surface area (Å²) in [6.07, 6.45) is 2.18. The van der Waals surface area contributed by atoms with Gasteiger partial charge < -0.3 is 10.2 Å². The molecule has 1 fully saturated rings. The maximum Gasteiger partial charge on any atom is 0.251 e. The average molecular weight is 397 g/mol. The Morgan fingerprint density at radius 1 is 1.04 bits per heavy atom. The number of rotatable bonds is 6. The Kier molecular flexibility index (Phi) is 7.15. The molecule has 1 aliphatic heterocycles. The van der Waals surface area contributed by atoms with Crippen molar-refractivity contribution in [3.63, 3.8) is 0 Å². The van der Waals surface area contributed by atoms with Crippen LogP contribution in [0.3, 0.4) is 0 Å². The minimum Gasteiger partial charge on any atom is -0.349 e. The molecule has 0 spiro atoms. The third-order valence-corrected chi connectivity index (χ3v) is 6.28. The van der Waals surface area contributed by atoms with Gasteiger partial charge in [0.1, 0.15) is 0 Å². The molecule has 2 amide bonds. The first kappa shape index (κ1) is 20.5. The van der Waals surface area contributed by atoms with E-state index in [1.807, 2.05) is 35.2 Å². The van der Waals surface area contributed by atoms with E-state index in [9.17, 15) is 9.59 Å². The number of amides is 2. The predicted octanol–water partition coefficient (Wildman–Crippen LogP) is 4.21. The van der Waals surface area contributed by atoms with Crippen LogP contribution in [0.25, 0.3) is 0 Å². The lowest BCUT2D eigenvalue weighted by Gasteiger charge is -2.32. The van der Waals surface area contributed by atoms with Crippen molar-refractivity contribution in [3.8, 4) is 0 Å². The molecular formula is C23H28N2O2S. The molecule has 148 valence electrons. The van der Waals surface area contributed by atoms with Crippen LogP contribution < -0.4 is 5.32 Å². The molecule has 0 aromatic heterocycles. The maximum absolute atomic E-state index is 12.5. The van der Waals surface area contributed by atoms with Crippen LogP contribution in [-0.2, 0) is 4.79 Å². The van der Waals surface area contributed by atoms with Crippen LogP contribution >= 0.6 is 11.8 Å². The van der Waals surface area contributed by atoms with Gasteiger partial charge >= 0.3 is 0 Å². The number of nitrogens with zero attached hydrogens (tertiary/aromatic N) is 1. The van der Waals surface area contributed by atoms with Crippen molar-refractivity contribution in [2.24, 2.45) is 0 Å². The van der Waals surface area contributed by atoms with Crippen molar-refractivity contribution in [1.29, 1.82) is 0 Å². The van der Waals surface area contributed by atoms with E-state index in [-0.39, 0.29) is 17.9 Å². The molecule has 0 saturated carbocycles. The fraction of sp³-hybridized carbons (Fsp3) is 0.391. The van der Waals surface area contributed by atoms with Crippen molar-refractivity contribution in [3.05, 3.63) is 65.2 Å². The Labute approximate surface area is 171 Å². The molecule has 2 aromatic carbocycles. The van der Waals surface area contributed by atoms with Crippen LogP contribution in [0, 0.1) is 13.8 Å². The van der Waals surface area contributed by atoms with Gasteiger partial charge in [0.2, 0.25) is 5.91 Å². The summed E-state index contributed by atoms with van der Waals surface area (Å²) in [7, 11) is 0. The van der Waals surface area contributed by atoms with Crippen LogP contribution in [0.4, 0.5) is 0 Å². The predicted molar refractivity (Wildman–Crippen MR) is 115 cm³/mol. The molecule has 28 heavy (non-hydrogen) atoms. The summed E-state index contributed by atoms with van der Waals surface area (Å²) in [6.45, 7) is 5.66.